The van der Waals surface area contributed by atoms with E-state index in [-0.39, 0.29) is 10.4 Å². The monoisotopic (exact) mass is 281 g/mol. The molecule has 9 heteroatoms. The van der Waals surface area contributed by atoms with Crippen LogP contribution in [-0.4, -0.2) is 15.0 Å². The normalized spacial score (nSPS) is 12.7. The molecular weight excluding hydrogens is 276 g/mol. The summed E-state index contributed by atoms with van der Waals surface area (Å²) >= 11 is 0. The van der Waals surface area contributed by atoms with Crippen molar-refractivity contribution >= 4 is 0 Å². The molecule has 0 amide bonds. The first kappa shape index (κ1) is 13.4. The minimum atomic E-state index is -5.22. The zero-order chi connectivity index (χ0) is 14.3. The predicted molar refractivity (Wildman–Crippen MR) is 51.4 cm³/mol. The number of halogens is 6. The lowest BCUT2D eigenvalue weighted by Gasteiger charge is -2.12. The number of alkyl halides is 6. The van der Waals surface area contributed by atoms with Crippen LogP contribution in [0.5, 0.6) is 0 Å². The Morgan fingerprint density at radius 3 is 1.89 bits per heavy atom. The molecule has 0 aliphatic carbocycles. The third kappa shape index (κ3) is 2.54. The van der Waals surface area contributed by atoms with Crippen molar-refractivity contribution in [3.63, 3.8) is 0 Å². The summed E-state index contributed by atoms with van der Waals surface area (Å²) in [7, 11) is 0. The zero-order valence-corrected chi connectivity index (χ0v) is 9.00. The molecule has 1 aromatic carbocycles. The Morgan fingerprint density at radius 2 is 1.42 bits per heavy atom. The first-order chi connectivity index (χ1) is 8.71. The number of para-hydroxylation sites is 1. The van der Waals surface area contributed by atoms with Gasteiger partial charge in [0.25, 0.3) is 0 Å². The van der Waals surface area contributed by atoms with Crippen LogP contribution in [0.4, 0.5) is 26.3 Å². The molecule has 19 heavy (non-hydrogen) atoms. The van der Waals surface area contributed by atoms with E-state index >= 15 is 0 Å². The Labute approximate surface area is 102 Å². The zero-order valence-electron chi connectivity index (χ0n) is 9.00. The fourth-order valence-corrected chi connectivity index (χ4v) is 1.48. The van der Waals surface area contributed by atoms with Crippen molar-refractivity contribution in [2.45, 2.75) is 12.4 Å². The quantitative estimate of drug-likeness (QED) is 0.751. The van der Waals surface area contributed by atoms with E-state index in [0.717, 1.165) is 0 Å². The molecule has 2 rings (SSSR count). The summed E-state index contributed by atoms with van der Waals surface area (Å²) in [6.45, 7) is 0. The van der Waals surface area contributed by atoms with Crippen molar-refractivity contribution in [3.05, 3.63) is 41.7 Å². The van der Waals surface area contributed by atoms with Crippen LogP contribution in [0.15, 0.2) is 30.3 Å². The molecule has 0 aliphatic rings. The summed E-state index contributed by atoms with van der Waals surface area (Å²) in [5.41, 5.74) is -4.15. The molecule has 0 saturated carbocycles. The number of hydrogen-bond donors (Lipinski definition) is 0. The van der Waals surface area contributed by atoms with Crippen LogP contribution in [-0.2, 0) is 12.4 Å². The number of rotatable bonds is 1. The minimum absolute atomic E-state index is 0.128. The third-order valence-electron chi connectivity index (χ3n) is 2.21. The maximum absolute atomic E-state index is 12.8. The van der Waals surface area contributed by atoms with E-state index in [1.54, 1.807) is 0 Å². The molecule has 102 valence electrons. The molecule has 1 aromatic heterocycles. The standard InChI is InChI=1S/C10H5F6N3/c11-9(12,13)7-8(10(14,15)16)19(18-17-7)6-4-2-1-3-5-6/h1-5H. The Morgan fingerprint density at radius 1 is 0.842 bits per heavy atom. The van der Waals surface area contributed by atoms with Gasteiger partial charge in [0, 0.05) is 0 Å². The average molecular weight is 281 g/mol. The van der Waals surface area contributed by atoms with Crippen molar-refractivity contribution in [3.8, 4) is 5.69 Å². The van der Waals surface area contributed by atoms with Crippen LogP contribution in [0, 0.1) is 0 Å². The van der Waals surface area contributed by atoms with Gasteiger partial charge in [0.1, 0.15) is 0 Å². The molecule has 0 spiro atoms. The summed E-state index contributed by atoms with van der Waals surface area (Å²) < 4.78 is 75.9. The van der Waals surface area contributed by atoms with Gasteiger partial charge in [-0.1, -0.05) is 23.4 Å². The smallest absolute Gasteiger partial charge is 0.208 e. The second-order valence-corrected chi connectivity index (χ2v) is 3.53. The molecule has 0 radical (unpaired) electrons. The van der Waals surface area contributed by atoms with Gasteiger partial charge in [-0.15, -0.1) is 5.10 Å². The molecule has 1 heterocycles. The highest BCUT2D eigenvalue weighted by atomic mass is 19.4. The van der Waals surface area contributed by atoms with Crippen LogP contribution in [0.3, 0.4) is 0 Å². The second kappa shape index (κ2) is 4.25. The fourth-order valence-electron chi connectivity index (χ4n) is 1.48. The maximum Gasteiger partial charge on any atom is 0.437 e. The van der Waals surface area contributed by atoms with Gasteiger partial charge in [-0.25, -0.2) is 4.68 Å². The Balaban J connectivity index is 2.68. The van der Waals surface area contributed by atoms with Crippen LogP contribution in [0.25, 0.3) is 5.69 Å². The van der Waals surface area contributed by atoms with Crippen LogP contribution >= 0.6 is 0 Å². The molecule has 3 nitrogen and oxygen atoms in total. The van der Waals surface area contributed by atoms with Crippen LogP contribution < -0.4 is 0 Å². The van der Waals surface area contributed by atoms with Crippen molar-refractivity contribution in [1.29, 1.82) is 0 Å². The van der Waals surface area contributed by atoms with E-state index in [1.807, 2.05) is 0 Å². The Kier molecular flexibility index (Phi) is 2.99. The lowest BCUT2D eigenvalue weighted by molar-refractivity contribution is -0.166. The summed E-state index contributed by atoms with van der Waals surface area (Å²) in [5.74, 6) is 0. The van der Waals surface area contributed by atoms with Gasteiger partial charge in [0.15, 0.2) is 11.4 Å². The summed E-state index contributed by atoms with van der Waals surface area (Å²) in [6, 6.07) is 6.67. The summed E-state index contributed by atoms with van der Waals surface area (Å²) in [6.07, 6.45) is -10.4. The SMILES string of the molecule is FC(F)(F)c1nnn(-c2ccccc2)c1C(F)(F)F. The lowest BCUT2D eigenvalue weighted by atomic mass is 10.2. The van der Waals surface area contributed by atoms with Crippen molar-refractivity contribution in [2.75, 3.05) is 0 Å². The molecule has 0 aliphatic heterocycles. The van der Waals surface area contributed by atoms with Crippen molar-refractivity contribution < 1.29 is 26.3 Å². The first-order valence-electron chi connectivity index (χ1n) is 4.87. The Hall–Kier alpha value is -2.06. The average Bonchev–Trinajstić information content (AvgIpc) is 2.74. The van der Waals surface area contributed by atoms with E-state index in [0.29, 0.717) is 0 Å². The lowest BCUT2D eigenvalue weighted by Crippen LogP contribution is -2.19. The van der Waals surface area contributed by atoms with Gasteiger partial charge < -0.3 is 0 Å². The van der Waals surface area contributed by atoms with Crippen LogP contribution in [0.1, 0.15) is 11.4 Å². The van der Waals surface area contributed by atoms with E-state index in [1.165, 1.54) is 30.3 Å². The van der Waals surface area contributed by atoms with Gasteiger partial charge in [-0.05, 0) is 12.1 Å². The molecule has 0 fully saturated rings. The van der Waals surface area contributed by atoms with Gasteiger partial charge in [-0.2, -0.15) is 26.3 Å². The molecule has 0 unspecified atom stereocenters. The molecule has 0 bridgehead atoms. The molecule has 0 saturated heterocycles. The predicted octanol–water partition coefficient (Wildman–Crippen LogP) is 3.30. The molecule has 2 aromatic rings. The number of hydrogen-bond acceptors (Lipinski definition) is 2. The minimum Gasteiger partial charge on any atom is -0.208 e. The highest BCUT2D eigenvalue weighted by Crippen LogP contribution is 2.39. The molecule has 0 atom stereocenters. The van der Waals surface area contributed by atoms with Crippen LogP contribution in [0.2, 0.25) is 0 Å². The summed E-state index contributed by atoms with van der Waals surface area (Å²) in [4.78, 5) is 0. The van der Waals surface area contributed by atoms with Crippen molar-refractivity contribution in [2.24, 2.45) is 0 Å². The van der Waals surface area contributed by atoms with Crippen molar-refractivity contribution in [1.82, 2.24) is 15.0 Å². The highest BCUT2D eigenvalue weighted by molar-refractivity contribution is 5.34. The van der Waals surface area contributed by atoms with E-state index in [9.17, 15) is 26.3 Å². The van der Waals surface area contributed by atoms with Gasteiger partial charge >= 0.3 is 12.4 Å². The van der Waals surface area contributed by atoms with Gasteiger partial charge in [0.2, 0.25) is 0 Å². The molecular formula is C10H5F6N3. The first-order valence-corrected chi connectivity index (χ1v) is 4.87. The van der Waals surface area contributed by atoms with E-state index in [2.05, 4.69) is 10.3 Å². The largest absolute Gasteiger partial charge is 0.437 e. The summed E-state index contributed by atoms with van der Waals surface area (Å²) in [5, 5.41) is 5.54. The number of benzene rings is 1. The van der Waals surface area contributed by atoms with Gasteiger partial charge in [-0.3, -0.25) is 0 Å². The van der Waals surface area contributed by atoms with Gasteiger partial charge in [0.05, 0.1) is 5.69 Å². The molecule has 0 N–H and O–H groups in total. The number of aromatic nitrogens is 3. The van der Waals surface area contributed by atoms with E-state index in [4.69, 9.17) is 0 Å². The number of nitrogens with zero attached hydrogens (tertiary/aromatic N) is 3. The highest BCUT2D eigenvalue weighted by Gasteiger charge is 2.49. The maximum atomic E-state index is 12.8. The Bertz CT molecular complexity index is 569. The third-order valence-corrected chi connectivity index (χ3v) is 2.21. The van der Waals surface area contributed by atoms with E-state index < -0.39 is 23.7 Å². The second-order valence-electron chi connectivity index (χ2n) is 3.53. The topological polar surface area (TPSA) is 30.7 Å². The fraction of sp³-hybridized carbons (Fsp3) is 0.200.